The Morgan fingerprint density at radius 1 is 0.884 bits per heavy atom. The van der Waals surface area contributed by atoms with Crippen LogP contribution in [0.1, 0.15) is 110 Å². The number of aryl methyl sites for hydroxylation is 2. The number of allylic oxidation sites excluding steroid dienone is 2. The van der Waals surface area contributed by atoms with E-state index in [9.17, 15) is 9.90 Å². The number of carbonyl (C=O) groups is 1. The average molecular weight is 761 g/mol. The fourth-order valence-electron chi connectivity index (χ4n) is 6.36. The van der Waals surface area contributed by atoms with Gasteiger partial charge in [-0.25, -0.2) is 0 Å². The Bertz CT molecular complexity index is 1350. The van der Waals surface area contributed by atoms with E-state index in [1.165, 1.54) is 34.7 Å². The third-order valence-corrected chi connectivity index (χ3v) is 9.18. The van der Waals surface area contributed by atoms with Crippen LogP contribution in [0.3, 0.4) is 0 Å². The number of aliphatic hydroxyl groups excluding tert-OH is 1. The number of benzene rings is 2. The molecule has 2 saturated carbocycles. The van der Waals surface area contributed by atoms with Crippen LogP contribution >= 0.6 is 0 Å². The first-order valence-electron chi connectivity index (χ1n) is 15.7. The van der Waals surface area contributed by atoms with Crippen LogP contribution in [0.5, 0.6) is 0 Å². The second kappa shape index (κ2) is 16.1. The Hall–Kier alpha value is -2.29. The molecule has 0 atom stereocenters. The van der Waals surface area contributed by atoms with E-state index in [4.69, 9.17) is 0 Å². The molecule has 3 nitrogen and oxygen atoms in total. The van der Waals surface area contributed by atoms with E-state index >= 15 is 0 Å². The fourth-order valence-corrected chi connectivity index (χ4v) is 6.36. The molecule has 1 N–H and O–H groups in total. The van der Waals surface area contributed by atoms with E-state index in [1.807, 2.05) is 6.20 Å². The zero-order chi connectivity index (χ0) is 29.7. The monoisotopic (exact) mass is 761 g/mol. The average Bonchev–Trinajstić information content (AvgIpc) is 2.92. The zero-order valence-corrected chi connectivity index (χ0v) is 29.1. The van der Waals surface area contributed by atoms with Gasteiger partial charge in [-0.2, -0.15) is 0 Å². The van der Waals surface area contributed by atoms with Gasteiger partial charge in [0.2, 0.25) is 0 Å². The van der Waals surface area contributed by atoms with Crippen molar-refractivity contribution in [1.82, 2.24) is 4.98 Å². The summed E-state index contributed by atoms with van der Waals surface area (Å²) in [6, 6.07) is 16.5. The largest absolute Gasteiger partial charge is 0.512 e. The first-order chi connectivity index (χ1) is 19.4. The molecule has 2 aromatic carbocycles. The number of nitrogens with zero attached hydrogens (tertiary/aromatic N) is 1. The van der Waals surface area contributed by atoms with Gasteiger partial charge in [-0.15, -0.1) is 34.9 Å². The van der Waals surface area contributed by atoms with Crippen molar-refractivity contribution in [3.05, 3.63) is 77.2 Å². The molecule has 1 heterocycles. The van der Waals surface area contributed by atoms with Gasteiger partial charge in [0.25, 0.3) is 0 Å². The van der Waals surface area contributed by atoms with Crippen LogP contribution in [0, 0.1) is 43.6 Å². The molecule has 0 spiro atoms. The summed E-state index contributed by atoms with van der Waals surface area (Å²) < 4.78 is 0. The summed E-state index contributed by atoms with van der Waals surface area (Å²) in [6.45, 7) is 15.5. The molecule has 237 valence electrons. The number of aromatic nitrogens is 1. The first kappa shape index (κ1) is 36.9. The van der Waals surface area contributed by atoms with E-state index in [2.05, 4.69) is 95.9 Å². The van der Waals surface area contributed by atoms with E-state index < -0.39 is 0 Å². The summed E-state index contributed by atoms with van der Waals surface area (Å²) in [5, 5.41) is 12.6. The van der Waals surface area contributed by atoms with Gasteiger partial charge in [0.15, 0.2) is 5.78 Å². The summed E-state index contributed by atoms with van der Waals surface area (Å²) in [4.78, 5) is 16.8. The Morgan fingerprint density at radius 2 is 1.47 bits per heavy atom. The van der Waals surface area contributed by atoms with Crippen molar-refractivity contribution in [1.29, 1.82) is 0 Å². The topological polar surface area (TPSA) is 50.2 Å². The summed E-state index contributed by atoms with van der Waals surface area (Å²) in [5.41, 5.74) is 6.00. The van der Waals surface area contributed by atoms with Crippen molar-refractivity contribution in [3.63, 3.8) is 0 Å². The molecule has 43 heavy (non-hydrogen) atoms. The van der Waals surface area contributed by atoms with E-state index in [0.717, 1.165) is 67.2 Å². The van der Waals surface area contributed by atoms with Gasteiger partial charge in [0, 0.05) is 44.2 Å². The number of aliphatic hydroxyl groups is 1. The van der Waals surface area contributed by atoms with Crippen LogP contribution in [0.2, 0.25) is 0 Å². The molecule has 0 saturated heterocycles. The second-order valence-corrected chi connectivity index (χ2v) is 14.0. The molecule has 0 unspecified atom stereocenters. The SMILES string of the molecule is C.CC1CCC(C(=O)C=C(O)C2CCC(C)CC2)CC1.Cc1[c-]c(-c2nccc3cc(C(C)(C)C)ccc23)cc(C)c1.[Ir]. The minimum atomic E-state index is 0. The maximum atomic E-state index is 12.2. The number of hydrogen-bond donors (Lipinski definition) is 1. The molecule has 0 amide bonds. The van der Waals surface area contributed by atoms with Crippen molar-refractivity contribution in [3.8, 4) is 11.3 Å². The normalized spacial score (nSPS) is 22.4. The molecule has 2 aliphatic carbocycles. The van der Waals surface area contributed by atoms with Crippen LogP contribution in [-0.2, 0) is 30.3 Å². The minimum Gasteiger partial charge on any atom is -0.512 e. The summed E-state index contributed by atoms with van der Waals surface area (Å²) >= 11 is 0. The van der Waals surface area contributed by atoms with Crippen LogP contribution in [0.15, 0.2) is 54.4 Å². The van der Waals surface area contributed by atoms with Crippen molar-refractivity contribution >= 4 is 16.6 Å². The molecule has 1 radical (unpaired) electrons. The third-order valence-electron chi connectivity index (χ3n) is 9.18. The van der Waals surface area contributed by atoms with Gasteiger partial charge in [-0.1, -0.05) is 99.8 Å². The van der Waals surface area contributed by atoms with Crippen LogP contribution in [-0.4, -0.2) is 15.9 Å². The molecular formula is C39H54IrNO2-. The van der Waals surface area contributed by atoms with E-state index in [0.29, 0.717) is 5.76 Å². The van der Waals surface area contributed by atoms with Gasteiger partial charge in [-0.3, -0.25) is 4.79 Å². The van der Waals surface area contributed by atoms with Crippen LogP contribution in [0.25, 0.3) is 22.0 Å². The molecule has 2 aliphatic rings. The third kappa shape index (κ3) is 10.1. The molecule has 4 heteroatoms. The van der Waals surface area contributed by atoms with Gasteiger partial charge in [0.1, 0.15) is 0 Å². The number of rotatable bonds is 4. The van der Waals surface area contributed by atoms with Gasteiger partial charge < -0.3 is 10.1 Å². The first-order valence-corrected chi connectivity index (χ1v) is 15.7. The molecule has 3 aromatic rings. The molecular weight excluding hydrogens is 707 g/mol. The maximum absolute atomic E-state index is 12.2. The predicted molar refractivity (Wildman–Crippen MR) is 179 cm³/mol. The molecule has 1 aromatic heterocycles. The van der Waals surface area contributed by atoms with Crippen molar-refractivity contribution in [2.24, 2.45) is 23.7 Å². The van der Waals surface area contributed by atoms with Crippen molar-refractivity contribution < 1.29 is 30.0 Å². The number of ketones is 1. The van der Waals surface area contributed by atoms with Crippen molar-refractivity contribution in [2.75, 3.05) is 0 Å². The predicted octanol–water partition coefficient (Wildman–Crippen LogP) is 10.9. The van der Waals surface area contributed by atoms with Gasteiger partial charge >= 0.3 is 0 Å². The summed E-state index contributed by atoms with van der Waals surface area (Å²) in [6.07, 6.45) is 12.2. The second-order valence-electron chi connectivity index (χ2n) is 14.0. The number of fused-ring (bicyclic) bond motifs is 1. The van der Waals surface area contributed by atoms with Crippen LogP contribution in [0.4, 0.5) is 0 Å². The van der Waals surface area contributed by atoms with E-state index in [-0.39, 0.29) is 50.6 Å². The Kier molecular flexibility index (Phi) is 13.9. The summed E-state index contributed by atoms with van der Waals surface area (Å²) in [5.74, 6) is 2.48. The molecule has 0 bridgehead atoms. The quantitative estimate of drug-likeness (QED) is 0.164. The number of hydrogen-bond acceptors (Lipinski definition) is 3. The molecule has 2 fully saturated rings. The van der Waals surface area contributed by atoms with Crippen molar-refractivity contribution in [2.45, 2.75) is 113 Å². The minimum absolute atomic E-state index is 0. The Labute approximate surface area is 275 Å². The number of carbonyl (C=O) groups excluding carboxylic acids is 1. The number of pyridine rings is 1. The Balaban J connectivity index is 0.000000290. The van der Waals surface area contributed by atoms with E-state index in [1.54, 1.807) is 6.08 Å². The van der Waals surface area contributed by atoms with Gasteiger partial charge in [-0.05, 0) is 71.0 Å². The fraction of sp³-hybridized carbons (Fsp3) is 0.538. The van der Waals surface area contributed by atoms with Crippen LogP contribution < -0.4 is 0 Å². The summed E-state index contributed by atoms with van der Waals surface area (Å²) in [7, 11) is 0. The Morgan fingerprint density at radius 3 is 2.02 bits per heavy atom. The maximum Gasteiger partial charge on any atom is 0.162 e. The molecule has 5 rings (SSSR count). The zero-order valence-electron chi connectivity index (χ0n) is 26.7. The molecule has 0 aliphatic heterocycles. The standard InChI is InChI=1S/C21H22N.C17H28O2.CH4.Ir/c1-14-10-15(2)12-17(11-14)20-19-7-6-18(21(3,4)5)13-16(19)8-9-22-20;1-12-3-7-14(8-4-12)16(18)11-17(19)15-9-5-13(2)6-10-15;;/h6-11,13H,1-5H3;11-15,18H,3-10H2,1-2H3;1H4;/q-1;;;. The smallest absolute Gasteiger partial charge is 0.162 e. The van der Waals surface area contributed by atoms with Gasteiger partial charge in [0.05, 0.1) is 5.76 Å².